The van der Waals surface area contributed by atoms with E-state index < -0.39 is 0 Å². The summed E-state index contributed by atoms with van der Waals surface area (Å²) in [4.78, 5) is 2.56. The average Bonchev–Trinajstić information content (AvgIpc) is 3.33. The molecule has 0 bridgehead atoms. The standard InChI is InChI=1S/C28H18N2S/c1-3-17(2)29-20-12-6-4-10-18(20)26-23(29)16-25-28-27(26)19-11-5-7-13-21(19)30(28)22-14-8-9-15-24(22)31-25/h3-16H,1-2H2. The molecule has 3 heteroatoms. The van der Waals surface area contributed by atoms with Gasteiger partial charge in [0.2, 0.25) is 0 Å². The largest absolute Gasteiger partial charge is 0.310 e. The number of para-hydroxylation sites is 3. The summed E-state index contributed by atoms with van der Waals surface area (Å²) in [7, 11) is 0. The molecular formula is C28H18N2S. The molecule has 146 valence electrons. The Kier molecular flexibility index (Phi) is 3.26. The maximum absolute atomic E-state index is 4.30. The first kappa shape index (κ1) is 17.0. The van der Waals surface area contributed by atoms with E-state index in [4.69, 9.17) is 0 Å². The van der Waals surface area contributed by atoms with E-state index in [0.29, 0.717) is 0 Å². The summed E-state index contributed by atoms with van der Waals surface area (Å²) < 4.78 is 4.69. The number of hydrogen-bond acceptors (Lipinski definition) is 1. The van der Waals surface area contributed by atoms with Crippen molar-refractivity contribution in [2.45, 2.75) is 9.79 Å². The summed E-state index contributed by atoms with van der Waals surface area (Å²) in [5.74, 6) is 0. The molecule has 0 aliphatic carbocycles. The predicted octanol–water partition coefficient (Wildman–Crippen LogP) is 8.01. The van der Waals surface area contributed by atoms with Gasteiger partial charge in [0.1, 0.15) is 0 Å². The van der Waals surface area contributed by atoms with E-state index in [0.717, 1.165) is 5.70 Å². The van der Waals surface area contributed by atoms with E-state index in [2.05, 4.69) is 101 Å². The third kappa shape index (κ3) is 2.04. The van der Waals surface area contributed by atoms with Crippen LogP contribution in [-0.2, 0) is 0 Å². The van der Waals surface area contributed by atoms with Crippen LogP contribution in [0.15, 0.2) is 108 Å². The second-order valence-electron chi connectivity index (χ2n) is 7.96. The van der Waals surface area contributed by atoms with E-state index in [-0.39, 0.29) is 0 Å². The molecule has 1 aliphatic heterocycles. The lowest BCUT2D eigenvalue weighted by molar-refractivity contribution is 1.09. The number of benzene rings is 4. The van der Waals surface area contributed by atoms with Crippen molar-refractivity contribution in [3.63, 3.8) is 0 Å². The highest BCUT2D eigenvalue weighted by Gasteiger charge is 2.26. The van der Waals surface area contributed by atoms with Crippen molar-refractivity contribution >= 4 is 61.1 Å². The molecule has 6 aromatic rings. The highest BCUT2D eigenvalue weighted by atomic mass is 32.2. The minimum atomic E-state index is 0.891. The minimum absolute atomic E-state index is 0.891. The van der Waals surface area contributed by atoms with Crippen LogP contribution in [0.3, 0.4) is 0 Å². The maximum Gasteiger partial charge on any atom is 0.0688 e. The van der Waals surface area contributed by atoms with Crippen molar-refractivity contribution in [3.8, 4) is 5.69 Å². The van der Waals surface area contributed by atoms with Gasteiger partial charge in [0, 0.05) is 37.0 Å². The molecule has 0 spiro atoms. The van der Waals surface area contributed by atoms with Crippen LogP contribution in [0, 0.1) is 0 Å². The summed E-state index contributed by atoms with van der Waals surface area (Å²) in [6.45, 7) is 8.30. The Balaban J connectivity index is 1.84. The molecule has 0 radical (unpaired) electrons. The third-order valence-electron chi connectivity index (χ3n) is 6.39. The van der Waals surface area contributed by atoms with Crippen LogP contribution in [-0.4, -0.2) is 9.13 Å². The van der Waals surface area contributed by atoms with Crippen molar-refractivity contribution in [2.24, 2.45) is 0 Å². The summed E-state index contributed by atoms with van der Waals surface area (Å²) in [6.07, 6.45) is 1.84. The molecule has 2 nitrogen and oxygen atoms in total. The second-order valence-corrected chi connectivity index (χ2v) is 9.05. The van der Waals surface area contributed by atoms with Gasteiger partial charge in [-0.1, -0.05) is 73.5 Å². The summed E-state index contributed by atoms with van der Waals surface area (Å²) >= 11 is 1.85. The molecule has 4 aromatic carbocycles. The average molecular weight is 415 g/mol. The van der Waals surface area contributed by atoms with Crippen molar-refractivity contribution in [1.29, 1.82) is 0 Å². The zero-order valence-corrected chi connectivity index (χ0v) is 17.6. The van der Waals surface area contributed by atoms with Gasteiger partial charge in [-0.2, -0.15) is 0 Å². The number of hydrogen-bond donors (Lipinski definition) is 0. The van der Waals surface area contributed by atoms with Crippen LogP contribution in [0.1, 0.15) is 0 Å². The van der Waals surface area contributed by atoms with Crippen LogP contribution in [0.5, 0.6) is 0 Å². The molecule has 0 saturated carbocycles. The highest BCUT2D eigenvalue weighted by Crippen LogP contribution is 2.50. The Hall–Kier alpha value is -3.69. The normalized spacial score (nSPS) is 12.6. The van der Waals surface area contributed by atoms with Crippen molar-refractivity contribution in [1.82, 2.24) is 9.13 Å². The number of fused-ring (bicyclic) bond motifs is 9. The van der Waals surface area contributed by atoms with E-state index in [1.807, 2.05) is 17.8 Å². The number of nitrogens with zero attached hydrogens (tertiary/aromatic N) is 2. The van der Waals surface area contributed by atoms with Crippen LogP contribution in [0.4, 0.5) is 0 Å². The Morgan fingerprint density at radius 3 is 2.23 bits per heavy atom. The van der Waals surface area contributed by atoms with Crippen LogP contribution >= 0.6 is 11.8 Å². The van der Waals surface area contributed by atoms with Crippen LogP contribution in [0.2, 0.25) is 0 Å². The lowest BCUT2D eigenvalue weighted by Crippen LogP contribution is -2.01. The van der Waals surface area contributed by atoms with E-state index >= 15 is 0 Å². The zero-order chi connectivity index (χ0) is 20.7. The van der Waals surface area contributed by atoms with Gasteiger partial charge in [0.15, 0.2) is 0 Å². The summed E-state index contributed by atoms with van der Waals surface area (Å²) in [5, 5.41) is 5.14. The lowest BCUT2D eigenvalue weighted by atomic mass is 10.1. The zero-order valence-electron chi connectivity index (χ0n) is 16.8. The van der Waals surface area contributed by atoms with Crippen LogP contribution in [0.25, 0.3) is 55.0 Å². The van der Waals surface area contributed by atoms with Gasteiger partial charge in [-0.05, 0) is 36.4 Å². The minimum Gasteiger partial charge on any atom is -0.310 e. The molecule has 0 saturated heterocycles. The van der Waals surface area contributed by atoms with Gasteiger partial charge >= 0.3 is 0 Å². The molecule has 0 atom stereocenters. The molecule has 0 fully saturated rings. The third-order valence-corrected chi connectivity index (χ3v) is 7.48. The first-order chi connectivity index (χ1) is 15.3. The fourth-order valence-corrected chi connectivity index (χ4v) is 6.26. The fraction of sp³-hybridized carbons (Fsp3) is 0. The topological polar surface area (TPSA) is 9.86 Å². The molecule has 1 aliphatic rings. The molecule has 3 heterocycles. The monoisotopic (exact) mass is 414 g/mol. The molecule has 0 N–H and O–H groups in total. The molecule has 0 amide bonds. The predicted molar refractivity (Wildman–Crippen MR) is 133 cm³/mol. The summed E-state index contributed by atoms with van der Waals surface area (Å²) in [5.41, 5.74) is 7.04. The first-order valence-electron chi connectivity index (χ1n) is 10.4. The first-order valence-corrected chi connectivity index (χ1v) is 11.2. The Morgan fingerprint density at radius 2 is 1.42 bits per heavy atom. The van der Waals surface area contributed by atoms with E-state index in [1.165, 1.54) is 59.1 Å². The molecular weight excluding hydrogens is 396 g/mol. The molecule has 31 heavy (non-hydrogen) atoms. The fourth-order valence-electron chi connectivity index (χ4n) is 5.15. The highest BCUT2D eigenvalue weighted by molar-refractivity contribution is 7.99. The van der Waals surface area contributed by atoms with Gasteiger partial charge < -0.3 is 9.13 Å². The van der Waals surface area contributed by atoms with Crippen LogP contribution < -0.4 is 0 Å². The van der Waals surface area contributed by atoms with Crippen molar-refractivity contribution < 1.29 is 0 Å². The van der Waals surface area contributed by atoms with Crippen molar-refractivity contribution in [3.05, 3.63) is 98.1 Å². The summed E-state index contributed by atoms with van der Waals surface area (Å²) in [6, 6.07) is 28.4. The van der Waals surface area contributed by atoms with Gasteiger partial charge in [0.05, 0.1) is 27.8 Å². The SMILES string of the molecule is C=CC(=C)n1c2ccccc2c2c3c4ccccc4n4c3c(cc21)Sc1ccccc1-4. The number of rotatable bonds is 2. The molecule has 7 rings (SSSR count). The quantitative estimate of drug-likeness (QED) is 0.260. The maximum atomic E-state index is 4.30. The Labute approximate surface area is 183 Å². The van der Waals surface area contributed by atoms with E-state index in [1.54, 1.807) is 0 Å². The van der Waals surface area contributed by atoms with Gasteiger partial charge in [-0.3, -0.25) is 0 Å². The molecule has 2 aromatic heterocycles. The lowest BCUT2D eigenvalue weighted by Gasteiger charge is -2.20. The molecule has 0 unspecified atom stereocenters. The van der Waals surface area contributed by atoms with Gasteiger partial charge in [-0.15, -0.1) is 0 Å². The Morgan fingerprint density at radius 1 is 0.742 bits per heavy atom. The van der Waals surface area contributed by atoms with Gasteiger partial charge in [-0.25, -0.2) is 0 Å². The Bertz CT molecular complexity index is 1750. The van der Waals surface area contributed by atoms with Crippen molar-refractivity contribution in [2.75, 3.05) is 0 Å². The van der Waals surface area contributed by atoms with Gasteiger partial charge in [0.25, 0.3) is 0 Å². The van der Waals surface area contributed by atoms with E-state index in [9.17, 15) is 0 Å². The smallest absolute Gasteiger partial charge is 0.0688 e. The number of allylic oxidation sites excluding steroid dienone is 2. The number of aromatic nitrogens is 2. The second kappa shape index (κ2) is 5.93.